The summed E-state index contributed by atoms with van der Waals surface area (Å²) in [6.07, 6.45) is 0.195. The predicted molar refractivity (Wildman–Crippen MR) is 138 cm³/mol. The molecule has 4 aromatic carbocycles. The minimum Gasteiger partial charge on any atom is -0.494 e. The Bertz CT molecular complexity index is 1420. The quantitative estimate of drug-likeness (QED) is 0.201. The summed E-state index contributed by atoms with van der Waals surface area (Å²) in [7, 11) is 0. The van der Waals surface area contributed by atoms with Crippen LogP contribution >= 0.6 is 0 Å². The summed E-state index contributed by atoms with van der Waals surface area (Å²) in [5.41, 5.74) is 5.08. The molecule has 174 valence electrons. The van der Waals surface area contributed by atoms with Crippen LogP contribution in [0.5, 0.6) is 11.5 Å². The number of hydrogen-bond donors (Lipinski definition) is 0. The lowest BCUT2D eigenvalue weighted by Crippen LogP contribution is -2.11. The molecule has 0 saturated heterocycles. The number of imidazole rings is 1. The van der Waals surface area contributed by atoms with Gasteiger partial charge >= 0.3 is 5.97 Å². The van der Waals surface area contributed by atoms with Crippen molar-refractivity contribution in [3.05, 3.63) is 114 Å². The smallest absolute Gasteiger partial charge is 0.315 e. The van der Waals surface area contributed by atoms with Gasteiger partial charge in [0.1, 0.15) is 17.3 Å². The largest absolute Gasteiger partial charge is 0.494 e. The van der Waals surface area contributed by atoms with E-state index < -0.39 is 0 Å². The van der Waals surface area contributed by atoms with Gasteiger partial charge in [0, 0.05) is 12.1 Å². The summed E-state index contributed by atoms with van der Waals surface area (Å²) in [5.74, 6) is 1.87. The molecular formula is C30H26N2O3. The molecule has 5 nitrogen and oxygen atoms in total. The molecule has 5 heteroatoms. The lowest BCUT2D eigenvalue weighted by molar-refractivity contribution is -0.133. The monoisotopic (exact) mass is 462 g/mol. The van der Waals surface area contributed by atoms with E-state index in [9.17, 15) is 4.79 Å². The Morgan fingerprint density at radius 1 is 0.771 bits per heavy atom. The normalized spacial score (nSPS) is 10.9. The summed E-state index contributed by atoms with van der Waals surface area (Å²) in [5, 5.41) is 0. The van der Waals surface area contributed by atoms with Crippen molar-refractivity contribution in [3.8, 4) is 22.9 Å². The first-order chi connectivity index (χ1) is 17.2. The van der Waals surface area contributed by atoms with Crippen molar-refractivity contribution in [2.24, 2.45) is 0 Å². The maximum atomic E-state index is 12.5. The molecule has 0 N–H and O–H groups in total. The van der Waals surface area contributed by atoms with Crippen LogP contribution in [0.4, 0.5) is 0 Å². The van der Waals surface area contributed by atoms with E-state index in [2.05, 4.69) is 22.8 Å². The third-order valence-electron chi connectivity index (χ3n) is 5.77. The molecule has 35 heavy (non-hydrogen) atoms. The Labute approximate surface area is 204 Å². The number of benzene rings is 4. The van der Waals surface area contributed by atoms with Crippen molar-refractivity contribution >= 4 is 17.0 Å². The molecule has 0 saturated carbocycles. The van der Waals surface area contributed by atoms with Gasteiger partial charge in [-0.15, -0.1) is 0 Å². The van der Waals surface area contributed by atoms with Crippen molar-refractivity contribution < 1.29 is 14.3 Å². The van der Waals surface area contributed by atoms with Crippen LogP contribution < -0.4 is 9.47 Å². The van der Waals surface area contributed by atoms with Crippen LogP contribution in [-0.2, 0) is 17.8 Å². The third kappa shape index (κ3) is 5.25. The molecule has 0 bridgehead atoms. The van der Waals surface area contributed by atoms with E-state index in [-0.39, 0.29) is 12.4 Å². The zero-order valence-corrected chi connectivity index (χ0v) is 19.6. The molecule has 1 heterocycles. The molecule has 5 rings (SSSR count). The Hall–Kier alpha value is -4.38. The van der Waals surface area contributed by atoms with Crippen molar-refractivity contribution in [3.63, 3.8) is 0 Å². The number of fused-ring (bicyclic) bond motifs is 1. The number of rotatable bonds is 8. The van der Waals surface area contributed by atoms with Crippen LogP contribution in [0, 0.1) is 0 Å². The van der Waals surface area contributed by atoms with Gasteiger partial charge in [0.2, 0.25) is 0 Å². The van der Waals surface area contributed by atoms with Gasteiger partial charge in [0.25, 0.3) is 0 Å². The highest BCUT2D eigenvalue weighted by atomic mass is 16.5. The van der Waals surface area contributed by atoms with Gasteiger partial charge in [0.05, 0.1) is 24.1 Å². The summed E-state index contributed by atoms with van der Waals surface area (Å²) in [6.45, 7) is 3.27. The molecule has 0 fully saturated rings. The number of carbonyl (C=O) groups is 1. The van der Waals surface area contributed by atoms with Crippen molar-refractivity contribution in [2.45, 2.75) is 19.9 Å². The number of aromatic nitrogens is 2. The van der Waals surface area contributed by atoms with Crippen LogP contribution in [0.1, 0.15) is 18.1 Å². The van der Waals surface area contributed by atoms with Crippen LogP contribution in [-0.4, -0.2) is 22.1 Å². The van der Waals surface area contributed by atoms with E-state index in [0.717, 1.165) is 40.3 Å². The molecule has 0 spiro atoms. The Kier molecular flexibility index (Phi) is 6.57. The van der Waals surface area contributed by atoms with Crippen LogP contribution in [0.2, 0.25) is 0 Å². The minimum absolute atomic E-state index is 0.195. The van der Waals surface area contributed by atoms with Gasteiger partial charge in [-0.1, -0.05) is 54.6 Å². The topological polar surface area (TPSA) is 53.4 Å². The van der Waals surface area contributed by atoms with Crippen LogP contribution in [0.15, 0.2) is 103 Å². The number of esters is 1. The summed E-state index contributed by atoms with van der Waals surface area (Å²) < 4.78 is 13.2. The number of para-hydroxylation sites is 2. The predicted octanol–water partition coefficient (Wildman–Crippen LogP) is 6.30. The van der Waals surface area contributed by atoms with Gasteiger partial charge in [-0.25, -0.2) is 4.98 Å². The zero-order chi connectivity index (χ0) is 24.0. The van der Waals surface area contributed by atoms with E-state index in [4.69, 9.17) is 14.5 Å². The molecule has 0 unspecified atom stereocenters. The average molecular weight is 463 g/mol. The molecule has 0 radical (unpaired) electrons. The van der Waals surface area contributed by atoms with Gasteiger partial charge in [-0.05, 0) is 66.6 Å². The van der Waals surface area contributed by atoms with E-state index in [0.29, 0.717) is 12.4 Å². The fourth-order valence-electron chi connectivity index (χ4n) is 4.10. The Morgan fingerprint density at radius 3 is 2.20 bits per heavy atom. The average Bonchev–Trinajstić information content (AvgIpc) is 3.25. The molecule has 1 aromatic heterocycles. The number of carbonyl (C=O) groups excluding carboxylic acids is 1. The lowest BCUT2D eigenvalue weighted by atomic mass is 10.1. The van der Waals surface area contributed by atoms with E-state index >= 15 is 0 Å². The van der Waals surface area contributed by atoms with Crippen molar-refractivity contribution in [2.75, 3.05) is 6.61 Å². The highest BCUT2D eigenvalue weighted by Gasteiger charge is 2.14. The fourth-order valence-corrected chi connectivity index (χ4v) is 4.10. The number of nitrogens with zero attached hydrogens (tertiary/aromatic N) is 2. The second-order valence-corrected chi connectivity index (χ2v) is 8.25. The zero-order valence-electron chi connectivity index (χ0n) is 19.6. The van der Waals surface area contributed by atoms with Gasteiger partial charge in [0.15, 0.2) is 0 Å². The molecule has 0 aliphatic heterocycles. The highest BCUT2D eigenvalue weighted by Crippen LogP contribution is 2.27. The van der Waals surface area contributed by atoms with E-state index in [1.807, 2.05) is 91.9 Å². The molecule has 5 aromatic rings. The Morgan fingerprint density at radius 2 is 1.46 bits per heavy atom. The third-order valence-corrected chi connectivity index (χ3v) is 5.77. The number of hydrogen-bond acceptors (Lipinski definition) is 4. The molecule has 0 aliphatic rings. The maximum absolute atomic E-state index is 12.5. The minimum atomic E-state index is -0.307. The Balaban J connectivity index is 1.33. The van der Waals surface area contributed by atoms with Crippen molar-refractivity contribution in [1.82, 2.24) is 9.55 Å². The molecule has 0 atom stereocenters. The van der Waals surface area contributed by atoms with E-state index in [1.54, 1.807) is 0 Å². The highest BCUT2D eigenvalue weighted by molar-refractivity contribution is 5.81. The first-order valence-electron chi connectivity index (χ1n) is 11.7. The second-order valence-electron chi connectivity index (χ2n) is 8.25. The summed E-state index contributed by atoms with van der Waals surface area (Å²) in [6, 6.07) is 33.5. The second kappa shape index (κ2) is 10.3. The maximum Gasteiger partial charge on any atom is 0.315 e. The van der Waals surface area contributed by atoms with Gasteiger partial charge in [-0.2, -0.15) is 0 Å². The molecule has 0 amide bonds. The van der Waals surface area contributed by atoms with Gasteiger partial charge < -0.3 is 14.0 Å². The molecular weight excluding hydrogens is 436 g/mol. The summed E-state index contributed by atoms with van der Waals surface area (Å²) >= 11 is 0. The SMILES string of the molecule is CCOc1ccc(CC(=O)Oc2ccc(-c3nc4ccccc4n3Cc3ccccc3)cc2)cc1. The first kappa shape index (κ1) is 22.4. The van der Waals surface area contributed by atoms with Crippen LogP contribution in [0.25, 0.3) is 22.4 Å². The molecule has 0 aliphatic carbocycles. The summed E-state index contributed by atoms with van der Waals surface area (Å²) in [4.78, 5) is 17.3. The first-order valence-corrected chi connectivity index (χ1v) is 11.7. The lowest BCUT2D eigenvalue weighted by Gasteiger charge is -2.10. The van der Waals surface area contributed by atoms with Crippen LogP contribution in [0.3, 0.4) is 0 Å². The van der Waals surface area contributed by atoms with E-state index in [1.165, 1.54) is 5.56 Å². The van der Waals surface area contributed by atoms with Gasteiger partial charge in [-0.3, -0.25) is 4.79 Å². The standard InChI is InChI=1S/C30H26N2O3/c1-2-34-25-16-12-22(13-17-25)20-29(33)35-26-18-14-24(15-19-26)30-31-27-10-6-7-11-28(27)32(30)21-23-8-4-3-5-9-23/h3-19H,2,20-21H2,1H3. The fraction of sp³-hybridized carbons (Fsp3) is 0.133. The van der Waals surface area contributed by atoms with Crippen molar-refractivity contribution in [1.29, 1.82) is 0 Å². The number of ether oxygens (including phenoxy) is 2.